The number of amides is 3. The maximum absolute atomic E-state index is 14.1. The van der Waals surface area contributed by atoms with Gasteiger partial charge in [-0.25, -0.2) is 0 Å². The van der Waals surface area contributed by atoms with E-state index < -0.39 is 42.0 Å². The summed E-state index contributed by atoms with van der Waals surface area (Å²) in [7, 11) is 6.90. The largest absolute Gasteiger partial charge is 0.508 e. The molecule has 2 aromatic carbocycles. The van der Waals surface area contributed by atoms with E-state index in [2.05, 4.69) is 31.9 Å². The molecule has 13 heteroatoms. The first-order valence-electron chi connectivity index (χ1n) is 15.4. The highest BCUT2D eigenvalue weighted by molar-refractivity contribution is 5.93. The van der Waals surface area contributed by atoms with E-state index in [9.17, 15) is 29.7 Å². The molecule has 0 saturated heterocycles. The molecule has 3 rings (SSSR count). The highest BCUT2D eigenvalue weighted by Crippen LogP contribution is 2.31. The summed E-state index contributed by atoms with van der Waals surface area (Å²) >= 11 is 0. The van der Waals surface area contributed by atoms with E-state index in [1.807, 2.05) is 0 Å². The van der Waals surface area contributed by atoms with E-state index in [1.165, 1.54) is 11.0 Å². The molecule has 0 saturated carbocycles. The lowest BCUT2D eigenvalue weighted by molar-refractivity contribution is -0.138. The predicted octanol–water partition coefficient (Wildman–Crippen LogP) is -0.951. The lowest BCUT2D eigenvalue weighted by Gasteiger charge is -2.31. The van der Waals surface area contributed by atoms with Crippen LogP contribution < -0.4 is 31.9 Å². The van der Waals surface area contributed by atoms with Gasteiger partial charge in [0.2, 0.25) is 17.7 Å². The van der Waals surface area contributed by atoms with Crippen molar-refractivity contribution in [3.8, 4) is 22.6 Å². The van der Waals surface area contributed by atoms with Gasteiger partial charge in [0.25, 0.3) is 0 Å². The van der Waals surface area contributed by atoms with Crippen molar-refractivity contribution in [1.82, 2.24) is 36.8 Å². The van der Waals surface area contributed by atoms with Crippen molar-refractivity contribution < 1.29 is 29.7 Å². The minimum atomic E-state index is -1.11. The fourth-order valence-electron chi connectivity index (χ4n) is 5.43. The normalized spacial score (nSPS) is 19.5. The molecule has 9 N–H and O–H groups in total. The lowest BCUT2D eigenvalue weighted by atomic mass is 9.95. The number of phenols is 2. The molecule has 0 fully saturated rings. The molecule has 13 nitrogen and oxygen atoms in total. The van der Waals surface area contributed by atoms with Crippen molar-refractivity contribution in [3.63, 3.8) is 0 Å². The number of aliphatic hydroxyl groups excluding tert-OH is 1. The Morgan fingerprint density at radius 1 is 0.889 bits per heavy atom. The molecule has 0 spiro atoms. The number of nitrogens with zero attached hydrogens (tertiary/aromatic N) is 1. The summed E-state index contributed by atoms with van der Waals surface area (Å²) in [6.45, 7) is 1.64. The van der Waals surface area contributed by atoms with Crippen LogP contribution in [0, 0.1) is 0 Å². The van der Waals surface area contributed by atoms with Gasteiger partial charge in [0.15, 0.2) is 0 Å². The predicted molar refractivity (Wildman–Crippen MR) is 173 cm³/mol. The number of phenolic OH excluding ortho intramolecular Hbond substituents is 2. The first-order chi connectivity index (χ1) is 21.6. The Morgan fingerprint density at radius 2 is 1.51 bits per heavy atom. The fourth-order valence-corrected chi connectivity index (χ4v) is 5.43. The number of carbonyl (C=O) groups excluding carboxylic acids is 3. The minimum Gasteiger partial charge on any atom is -0.508 e. The van der Waals surface area contributed by atoms with Crippen LogP contribution in [-0.4, -0.2) is 123 Å². The zero-order valence-corrected chi connectivity index (χ0v) is 26.7. The fraction of sp³-hybridized carbons (Fsp3) is 0.531. The van der Waals surface area contributed by atoms with Crippen molar-refractivity contribution in [1.29, 1.82) is 0 Å². The highest BCUT2D eigenvalue weighted by atomic mass is 16.3. The summed E-state index contributed by atoms with van der Waals surface area (Å²) in [5.41, 5.74) is 2.44. The molecular formula is C32H49N7O6. The molecule has 45 heavy (non-hydrogen) atoms. The van der Waals surface area contributed by atoms with Crippen molar-refractivity contribution in [2.24, 2.45) is 0 Å². The number of fused-ring (bicyclic) bond motifs is 5. The average Bonchev–Trinajstić information content (AvgIpc) is 3.02. The van der Waals surface area contributed by atoms with Crippen LogP contribution in [0.15, 0.2) is 36.4 Å². The third kappa shape index (κ3) is 10.1. The molecule has 3 amide bonds. The van der Waals surface area contributed by atoms with E-state index in [-0.39, 0.29) is 44.0 Å². The summed E-state index contributed by atoms with van der Waals surface area (Å²) in [6, 6.07) is 7.31. The van der Waals surface area contributed by atoms with Gasteiger partial charge in [0, 0.05) is 39.0 Å². The zero-order chi connectivity index (χ0) is 32.9. The van der Waals surface area contributed by atoms with Crippen LogP contribution in [-0.2, 0) is 27.2 Å². The first-order valence-corrected chi connectivity index (χ1v) is 15.4. The molecule has 4 bridgehead atoms. The van der Waals surface area contributed by atoms with Gasteiger partial charge in [-0.1, -0.05) is 12.1 Å². The molecule has 0 aliphatic carbocycles. The third-order valence-corrected chi connectivity index (χ3v) is 7.99. The van der Waals surface area contributed by atoms with E-state index in [0.29, 0.717) is 37.1 Å². The molecule has 1 unspecified atom stereocenters. The second-order valence-corrected chi connectivity index (χ2v) is 11.4. The van der Waals surface area contributed by atoms with Gasteiger partial charge < -0.3 is 52.1 Å². The zero-order valence-electron chi connectivity index (χ0n) is 26.7. The molecule has 2 aromatic rings. The number of benzene rings is 2. The van der Waals surface area contributed by atoms with Crippen LogP contribution in [0.1, 0.15) is 24.0 Å². The van der Waals surface area contributed by atoms with Crippen molar-refractivity contribution in [2.45, 2.75) is 49.9 Å². The summed E-state index contributed by atoms with van der Waals surface area (Å²) < 4.78 is 0. The molecule has 0 radical (unpaired) electrons. The summed E-state index contributed by atoms with van der Waals surface area (Å²) in [4.78, 5) is 43.0. The van der Waals surface area contributed by atoms with E-state index >= 15 is 0 Å². The number of nitrogens with one attached hydrogen (secondary N) is 6. The minimum absolute atomic E-state index is 0.0300. The Hall–Kier alpha value is -3.75. The Bertz CT molecular complexity index is 1290. The number of rotatable bonds is 13. The first kappa shape index (κ1) is 35.7. The maximum atomic E-state index is 14.1. The van der Waals surface area contributed by atoms with Gasteiger partial charge in [-0.3, -0.25) is 14.4 Å². The van der Waals surface area contributed by atoms with E-state index in [1.54, 1.807) is 58.5 Å². The van der Waals surface area contributed by atoms with Crippen molar-refractivity contribution >= 4 is 17.7 Å². The monoisotopic (exact) mass is 627 g/mol. The van der Waals surface area contributed by atoms with Crippen LogP contribution in [0.3, 0.4) is 0 Å². The second kappa shape index (κ2) is 17.7. The maximum Gasteiger partial charge on any atom is 0.245 e. The molecular weight excluding hydrogens is 578 g/mol. The van der Waals surface area contributed by atoms with Crippen LogP contribution >= 0.6 is 0 Å². The Morgan fingerprint density at radius 3 is 2.09 bits per heavy atom. The Balaban J connectivity index is 2.12. The molecule has 4 atom stereocenters. The molecule has 1 aliphatic heterocycles. The Labute approximate surface area is 265 Å². The summed E-state index contributed by atoms with van der Waals surface area (Å²) in [5, 5.41) is 49.8. The average molecular weight is 628 g/mol. The topological polar surface area (TPSA) is 187 Å². The van der Waals surface area contributed by atoms with E-state index in [4.69, 9.17) is 0 Å². The van der Waals surface area contributed by atoms with Gasteiger partial charge in [-0.05, 0) is 94.1 Å². The van der Waals surface area contributed by atoms with Crippen LogP contribution in [0.25, 0.3) is 11.1 Å². The number of hydrogen-bond acceptors (Lipinski definition) is 10. The van der Waals surface area contributed by atoms with Crippen molar-refractivity contribution in [2.75, 3.05) is 60.9 Å². The Kier molecular flexibility index (Phi) is 14.0. The van der Waals surface area contributed by atoms with Gasteiger partial charge in [-0.2, -0.15) is 0 Å². The number of carbonyl (C=O) groups is 3. The van der Waals surface area contributed by atoms with Gasteiger partial charge in [0.1, 0.15) is 23.6 Å². The summed E-state index contributed by atoms with van der Waals surface area (Å²) in [6.07, 6.45) is 0.161. The smallest absolute Gasteiger partial charge is 0.245 e. The molecule has 1 aliphatic rings. The lowest BCUT2D eigenvalue weighted by Crippen LogP contribution is -2.58. The van der Waals surface area contributed by atoms with Gasteiger partial charge >= 0.3 is 0 Å². The van der Waals surface area contributed by atoms with Gasteiger partial charge in [0.05, 0.1) is 12.1 Å². The standard InChI is InChI=1S/C32H49N7O6/c1-33-11-5-6-25-30(43)38-27(32(45)39(13-12-34-2)19-24(40)18-35-3)17-23-15-21(8-10-29(23)42)20-7-9-28(41)22(14-20)16-26(36-4)31(44)37-25/h7-10,14-15,24-27,33-36,40-42H,5-6,11-13,16-19H2,1-4H3,(H,37,44)(H,38,43)/t24?,25-,26-,27-/m0/s1. The number of likely N-dealkylation sites (N-methyl/N-ethyl adjacent to an activating group) is 3. The van der Waals surface area contributed by atoms with Crippen LogP contribution in [0.4, 0.5) is 0 Å². The van der Waals surface area contributed by atoms with Crippen LogP contribution in [0.2, 0.25) is 0 Å². The second-order valence-electron chi connectivity index (χ2n) is 11.4. The number of hydrogen-bond donors (Lipinski definition) is 9. The van der Waals surface area contributed by atoms with Gasteiger partial charge in [-0.15, -0.1) is 0 Å². The highest BCUT2D eigenvalue weighted by Gasteiger charge is 2.32. The number of aromatic hydroxyl groups is 2. The van der Waals surface area contributed by atoms with Crippen LogP contribution in [0.5, 0.6) is 11.5 Å². The SMILES string of the molecule is CNCCC[C@@H]1NC(=O)[C@@H](NC)Cc2cc(ccc2O)-c2ccc(O)c(c2)C[C@@H](C(=O)N(CCNC)CC(O)CNC)NC1=O. The third-order valence-electron chi connectivity index (χ3n) is 7.99. The molecule has 248 valence electrons. The molecule has 1 heterocycles. The van der Waals surface area contributed by atoms with Crippen molar-refractivity contribution in [3.05, 3.63) is 47.5 Å². The quantitative estimate of drug-likeness (QED) is 0.125. The number of aliphatic hydroxyl groups is 1. The summed E-state index contributed by atoms with van der Waals surface area (Å²) in [5.74, 6) is -1.39. The molecule has 0 aromatic heterocycles. The van der Waals surface area contributed by atoms with E-state index in [0.717, 1.165) is 11.1 Å².